The van der Waals surface area contributed by atoms with Crippen molar-refractivity contribution in [2.24, 2.45) is 11.8 Å². The molecule has 0 spiro atoms. The Bertz CT molecular complexity index is 930. The summed E-state index contributed by atoms with van der Waals surface area (Å²) in [6, 6.07) is 7.63. The van der Waals surface area contributed by atoms with E-state index >= 15 is 0 Å². The molecule has 31 heavy (non-hydrogen) atoms. The van der Waals surface area contributed by atoms with Gasteiger partial charge in [0.2, 0.25) is 5.91 Å². The van der Waals surface area contributed by atoms with Crippen LogP contribution in [0.2, 0.25) is 0 Å². The van der Waals surface area contributed by atoms with Gasteiger partial charge in [0.25, 0.3) is 0 Å². The lowest BCUT2D eigenvalue weighted by Crippen LogP contribution is -2.46. The van der Waals surface area contributed by atoms with E-state index in [1.807, 2.05) is 29.2 Å². The second kappa shape index (κ2) is 9.96. The van der Waals surface area contributed by atoms with Crippen molar-refractivity contribution in [1.82, 2.24) is 24.6 Å². The number of aromatic nitrogens is 3. The Balaban J connectivity index is 1.40. The molecule has 4 rings (SSSR count). The molecule has 0 saturated carbocycles. The summed E-state index contributed by atoms with van der Waals surface area (Å²) in [5.74, 6) is 2.98. The molecule has 7 nitrogen and oxygen atoms in total. The van der Waals surface area contributed by atoms with Crippen molar-refractivity contribution in [3.63, 3.8) is 0 Å². The Morgan fingerprint density at radius 3 is 2.65 bits per heavy atom. The van der Waals surface area contributed by atoms with Crippen molar-refractivity contribution in [2.45, 2.75) is 39.2 Å². The van der Waals surface area contributed by atoms with E-state index < -0.39 is 0 Å². The van der Waals surface area contributed by atoms with Crippen LogP contribution in [0.1, 0.15) is 32.6 Å². The molecule has 2 saturated heterocycles. The molecule has 1 unspecified atom stereocenters. The number of ether oxygens (including phenoxy) is 1. The van der Waals surface area contributed by atoms with Crippen molar-refractivity contribution >= 4 is 18.1 Å². The van der Waals surface area contributed by atoms with Crippen molar-refractivity contribution in [2.75, 3.05) is 39.8 Å². The Morgan fingerprint density at radius 2 is 1.94 bits per heavy atom. The van der Waals surface area contributed by atoms with Gasteiger partial charge in [0.1, 0.15) is 12.3 Å². The lowest BCUT2D eigenvalue weighted by Gasteiger charge is -2.38. The van der Waals surface area contributed by atoms with Crippen LogP contribution in [0.4, 0.5) is 0 Å². The van der Waals surface area contributed by atoms with E-state index in [0.29, 0.717) is 16.5 Å². The van der Waals surface area contributed by atoms with Gasteiger partial charge in [-0.15, -0.1) is 0 Å². The van der Waals surface area contributed by atoms with Gasteiger partial charge in [-0.2, -0.15) is 5.10 Å². The summed E-state index contributed by atoms with van der Waals surface area (Å²) in [7, 11) is 1.64. The average molecular weight is 444 g/mol. The predicted molar refractivity (Wildman–Crippen MR) is 124 cm³/mol. The van der Waals surface area contributed by atoms with Crippen LogP contribution in [0.15, 0.2) is 24.3 Å². The van der Waals surface area contributed by atoms with Crippen LogP contribution in [0.5, 0.6) is 5.75 Å². The Labute approximate surface area is 189 Å². The number of hydrogen-bond acceptors (Lipinski definition) is 5. The van der Waals surface area contributed by atoms with Gasteiger partial charge < -0.3 is 14.5 Å². The first-order chi connectivity index (χ1) is 15.0. The number of carbonyl (C=O) groups excluding carboxylic acids is 1. The van der Waals surface area contributed by atoms with Gasteiger partial charge in [-0.3, -0.25) is 14.5 Å². The Morgan fingerprint density at radius 1 is 1.19 bits per heavy atom. The molecule has 1 aromatic carbocycles. The zero-order valence-electron chi connectivity index (χ0n) is 18.5. The number of likely N-dealkylation sites (tertiary alicyclic amines) is 2. The first-order valence-electron chi connectivity index (χ1n) is 11.3. The summed E-state index contributed by atoms with van der Waals surface area (Å²) < 4.78 is 7.50. The SMILES string of the molecule is COc1ccc(-c2n[nH]c(=S)n2CC(=O)N2CCCC(CN3CCC(C)CC3)C2)cc1. The minimum atomic E-state index is 0.115. The highest BCUT2D eigenvalue weighted by Crippen LogP contribution is 2.24. The van der Waals surface area contributed by atoms with E-state index in [0.717, 1.165) is 43.3 Å². The molecule has 8 heteroatoms. The number of rotatable bonds is 6. The highest BCUT2D eigenvalue weighted by Gasteiger charge is 2.27. The molecule has 2 aliphatic rings. The zero-order valence-corrected chi connectivity index (χ0v) is 19.4. The third-order valence-electron chi connectivity index (χ3n) is 6.66. The zero-order chi connectivity index (χ0) is 21.8. The van der Waals surface area contributed by atoms with Gasteiger partial charge >= 0.3 is 0 Å². The van der Waals surface area contributed by atoms with Crippen LogP contribution < -0.4 is 4.74 Å². The van der Waals surface area contributed by atoms with E-state index in [1.54, 1.807) is 11.7 Å². The number of nitrogens with one attached hydrogen (secondary N) is 1. The van der Waals surface area contributed by atoms with Crippen molar-refractivity contribution in [1.29, 1.82) is 0 Å². The number of nitrogens with zero attached hydrogens (tertiary/aromatic N) is 4. The van der Waals surface area contributed by atoms with Crippen LogP contribution in [0, 0.1) is 16.6 Å². The van der Waals surface area contributed by atoms with E-state index in [4.69, 9.17) is 17.0 Å². The van der Waals surface area contributed by atoms with Crippen molar-refractivity contribution in [3.05, 3.63) is 29.0 Å². The summed E-state index contributed by atoms with van der Waals surface area (Å²) in [6.07, 6.45) is 4.87. The van der Waals surface area contributed by atoms with E-state index in [2.05, 4.69) is 22.0 Å². The van der Waals surface area contributed by atoms with Crippen LogP contribution in [-0.2, 0) is 11.3 Å². The average Bonchev–Trinajstić information content (AvgIpc) is 3.15. The van der Waals surface area contributed by atoms with Gasteiger partial charge in [0.15, 0.2) is 10.6 Å². The third kappa shape index (κ3) is 5.36. The smallest absolute Gasteiger partial charge is 0.242 e. The predicted octanol–water partition coefficient (Wildman–Crippen LogP) is 3.59. The van der Waals surface area contributed by atoms with Gasteiger partial charge in [-0.05, 0) is 87.1 Å². The lowest BCUT2D eigenvalue weighted by atomic mass is 9.94. The quantitative estimate of drug-likeness (QED) is 0.691. The molecule has 1 amide bonds. The second-order valence-electron chi connectivity index (χ2n) is 9.00. The Kier molecular flexibility index (Phi) is 7.07. The first kappa shape index (κ1) is 22.0. The second-order valence-corrected chi connectivity index (χ2v) is 9.38. The minimum absolute atomic E-state index is 0.115. The topological polar surface area (TPSA) is 66.4 Å². The fourth-order valence-corrected chi connectivity index (χ4v) is 4.91. The van der Waals surface area contributed by atoms with Crippen LogP contribution >= 0.6 is 12.2 Å². The summed E-state index contributed by atoms with van der Waals surface area (Å²) in [4.78, 5) is 17.8. The number of methoxy groups -OCH3 is 1. The molecular formula is C23H33N5O2S. The number of amides is 1. The Hall–Kier alpha value is -2.19. The number of aromatic amines is 1. The van der Waals surface area contributed by atoms with Crippen LogP contribution in [0.3, 0.4) is 0 Å². The monoisotopic (exact) mass is 443 g/mol. The maximum atomic E-state index is 13.2. The molecule has 2 aromatic rings. The molecule has 0 radical (unpaired) electrons. The lowest BCUT2D eigenvalue weighted by molar-refractivity contribution is -0.133. The third-order valence-corrected chi connectivity index (χ3v) is 6.98. The van der Waals surface area contributed by atoms with Gasteiger partial charge in [-0.25, -0.2) is 0 Å². The highest BCUT2D eigenvalue weighted by atomic mass is 32.1. The number of piperidine rings is 2. The van der Waals surface area contributed by atoms with Gasteiger partial charge in [0, 0.05) is 25.2 Å². The number of H-pyrrole nitrogens is 1. The summed E-state index contributed by atoms with van der Waals surface area (Å²) in [5, 5.41) is 7.21. The number of hydrogen-bond donors (Lipinski definition) is 1. The van der Waals surface area contributed by atoms with Crippen molar-refractivity contribution < 1.29 is 9.53 Å². The normalized spacial score (nSPS) is 20.7. The van der Waals surface area contributed by atoms with Crippen molar-refractivity contribution in [3.8, 4) is 17.1 Å². The largest absolute Gasteiger partial charge is 0.497 e. The fraction of sp³-hybridized carbons (Fsp3) is 0.609. The molecule has 2 fully saturated rings. The van der Waals surface area contributed by atoms with Gasteiger partial charge in [-0.1, -0.05) is 6.92 Å². The molecule has 1 atom stereocenters. The molecule has 168 valence electrons. The van der Waals surface area contributed by atoms with E-state index in [1.165, 1.54) is 32.4 Å². The number of benzene rings is 1. The molecule has 1 N–H and O–H groups in total. The number of carbonyl (C=O) groups is 1. The van der Waals surface area contributed by atoms with Gasteiger partial charge in [0.05, 0.1) is 7.11 Å². The maximum absolute atomic E-state index is 13.2. The molecule has 1 aromatic heterocycles. The van der Waals surface area contributed by atoms with Crippen LogP contribution in [-0.4, -0.2) is 70.3 Å². The summed E-state index contributed by atoms with van der Waals surface area (Å²) in [6.45, 7) is 7.73. The van der Waals surface area contributed by atoms with E-state index in [-0.39, 0.29) is 12.5 Å². The minimum Gasteiger partial charge on any atom is -0.497 e. The van der Waals surface area contributed by atoms with E-state index in [9.17, 15) is 4.79 Å². The molecule has 3 heterocycles. The molecular weight excluding hydrogens is 410 g/mol. The summed E-state index contributed by atoms with van der Waals surface area (Å²) in [5.41, 5.74) is 0.900. The molecule has 0 aliphatic carbocycles. The molecule has 0 bridgehead atoms. The van der Waals surface area contributed by atoms with Crippen LogP contribution in [0.25, 0.3) is 11.4 Å². The highest BCUT2D eigenvalue weighted by molar-refractivity contribution is 7.71. The maximum Gasteiger partial charge on any atom is 0.242 e. The fourth-order valence-electron chi connectivity index (χ4n) is 4.71. The summed E-state index contributed by atoms with van der Waals surface area (Å²) >= 11 is 5.42. The standard InChI is InChI=1S/C23H33N5O2S/c1-17-9-12-26(13-10-17)14-18-4-3-11-27(15-18)21(29)16-28-22(24-25-23(28)31)19-5-7-20(30-2)8-6-19/h5-8,17-18H,3-4,9-16H2,1-2H3,(H,25,31). The first-order valence-corrected chi connectivity index (χ1v) is 11.7. The molecule has 2 aliphatic heterocycles.